The number of nitrogens with zero attached hydrogens (tertiary/aromatic N) is 2. The van der Waals surface area contributed by atoms with Crippen LogP contribution in [-0.4, -0.2) is 30.4 Å². The number of hydrogen-bond donors (Lipinski definition) is 4. The van der Waals surface area contributed by atoms with Gasteiger partial charge in [0.1, 0.15) is 28.7 Å². The quantitative estimate of drug-likeness (QED) is 0.260. The molecule has 6 heteroatoms. The molecule has 1 aromatic heterocycles. The first-order valence-electron chi connectivity index (χ1n) is 11.0. The Labute approximate surface area is 201 Å². The number of rotatable bonds is 4. The van der Waals surface area contributed by atoms with Gasteiger partial charge in [-0.2, -0.15) is 0 Å². The van der Waals surface area contributed by atoms with Crippen molar-refractivity contribution in [2.75, 3.05) is 0 Å². The molecule has 0 fully saturated rings. The van der Waals surface area contributed by atoms with E-state index in [1.807, 2.05) is 55.5 Å². The van der Waals surface area contributed by atoms with Crippen LogP contribution in [0.4, 0.5) is 0 Å². The van der Waals surface area contributed by atoms with Crippen molar-refractivity contribution < 1.29 is 20.4 Å². The van der Waals surface area contributed by atoms with E-state index >= 15 is 0 Å². The maximum atomic E-state index is 10.7. The van der Waals surface area contributed by atoms with Crippen molar-refractivity contribution in [1.29, 1.82) is 0 Å². The Morgan fingerprint density at radius 3 is 2.11 bits per heavy atom. The van der Waals surface area contributed by atoms with Gasteiger partial charge in [0.15, 0.2) is 0 Å². The molecule has 0 aliphatic heterocycles. The molecule has 0 atom stereocenters. The number of benzene rings is 4. The van der Waals surface area contributed by atoms with Crippen molar-refractivity contribution in [3.63, 3.8) is 0 Å². The van der Waals surface area contributed by atoms with Gasteiger partial charge in [-0.05, 0) is 66.1 Å². The first-order chi connectivity index (χ1) is 16.9. The minimum atomic E-state index is -0.130. The maximum Gasteiger partial charge on any atom is 0.128 e. The Bertz CT molecular complexity index is 1590. The van der Waals surface area contributed by atoms with Gasteiger partial charge in [-0.25, -0.2) is 9.97 Å². The summed E-state index contributed by atoms with van der Waals surface area (Å²) in [7, 11) is 0. The van der Waals surface area contributed by atoms with E-state index in [0.29, 0.717) is 39.1 Å². The van der Waals surface area contributed by atoms with Crippen molar-refractivity contribution in [3.05, 3.63) is 107 Å². The van der Waals surface area contributed by atoms with E-state index in [-0.39, 0.29) is 23.0 Å². The van der Waals surface area contributed by atoms with Gasteiger partial charge < -0.3 is 20.4 Å². The summed E-state index contributed by atoms with van der Waals surface area (Å²) in [5.74, 6) is -0.325. The molecular formula is C29H22N2O4. The van der Waals surface area contributed by atoms with E-state index in [0.717, 1.165) is 11.1 Å². The molecule has 0 saturated heterocycles. The SMILES string of the molecule is Cc1ccc2nc(-c3ccc(O)cc3O)c(/C=C(/c3ccccc3)c3ccc(O)cc3O)nc2c1. The molecule has 0 unspecified atom stereocenters. The smallest absolute Gasteiger partial charge is 0.128 e. The molecule has 5 rings (SSSR count). The normalized spacial score (nSPS) is 11.6. The standard InChI is InChI=1S/C29H22N2O4/c1-17-7-12-24-25(13-17)30-26(29(31-24)22-11-9-20(33)15-28(22)35)16-23(18-5-3-2-4-6-18)21-10-8-19(32)14-27(21)34/h2-16,32-35H,1H3/b23-16-. The summed E-state index contributed by atoms with van der Waals surface area (Å²) in [5, 5.41) is 40.9. The second-order valence-electron chi connectivity index (χ2n) is 8.28. The van der Waals surface area contributed by atoms with Crippen molar-refractivity contribution in [3.8, 4) is 34.3 Å². The highest BCUT2D eigenvalue weighted by atomic mass is 16.3. The van der Waals surface area contributed by atoms with Crippen LogP contribution in [0.3, 0.4) is 0 Å². The fraction of sp³-hybridized carbons (Fsp3) is 0.0345. The minimum Gasteiger partial charge on any atom is -0.508 e. The first kappa shape index (κ1) is 22.0. The van der Waals surface area contributed by atoms with E-state index in [1.165, 1.54) is 24.3 Å². The van der Waals surface area contributed by atoms with Gasteiger partial charge in [-0.15, -0.1) is 0 Å². The molecular weight excluding hydrogens is 440 g/mol. The largest absolute Gasteiger partial charge is 0.508 e. The average molecular weight is 463 g/mol. The number of aryl methyl sites for hydroxylation is 1. The Hall–Kier alpha value is -4.84. The van der Waals surface area contributed by atoms with Crippen molar-refractivity contribution in [2.45, 2.75) is 6.92 Å². The maximum absolute atomic E-state index is 10.7. The van der Waals surface area contributed by atoms with Gasteiger partial charge in [0.2, 0.25) is 0 Å². The molecule has 0 aliphatic rings. The predicted molar refractivity (Wildman–Crippen MR) is 136 cm³/mol. The number of phenols is 4. The summed E-state index contributed by atoms with van der Waals surface area (Å²) in [4.78, 5) is 9.67. The highest BCUT2D eigenvalue weighted by Gasteiger charge is 2.17. The topological polar surface area (TPSA) is 107 Å². The summed E-state index contributed by atoms with van der Waals surface area (Å²) >= 11 is 0. The van der Waals surface area contributed by atoms with Crippen LogP contribution in [0.5, 0.6) is 23.0 Å². The Morgan fingerprint density at radius 2 is 1.40 bits per heavy atom. The molecule has 4 aromatic carbocycles. The Kier molecular flexibility index (Phi) is 5.55. The van der Waals surface area contributed by atoms with Crippen LogP contribution in [0.15, 0.2) is 84.9 Å². The van der Waals surface area contributed by atoms with Crippen LogP contribution < -0.4 is 0 Å². The zero-order chi connectivity index (χ0) is 24.5. The Balaban J connectivity index is 1.83. The summed E-state index contributed by atoms with van der Waals surface area (Å²) in [5.41, 5.74) is 5.64. The number of phenolic OH excluding ortho intramolecular Hbond substituents is 4. The summed E-state index contributed by atoms with van der Waals surface area (Å²) in [6.45, 7) is 1.97. The van der Waals surface area contributed by atoms with E-state index in [4.69, 9.17) is 9.97 Å². The van der Waals surface area contributed by atoms with Gasteiger partial charge >= 0.3 is 0 Å². The van der Waals surface area contributed by atoms with E-state index in [2.05, 4.69) is 0 Å². The van der Waals surface area contributed by atoms with Gasteiger partial charge in [-0.1, -0.05) is 36.4 Å². The molecule has 35 heavy (non-hydrogen) atoms. The molecule has 0 spiro atoms. The highest BCUT2D eigenvalue weighted by molar-refractivity contribution is 5.96. The molecule has 1 heterocycles. The average Bonchev–Trinajstić information content (AvgIpc) is 2.83. The third-order valence-corrected chi connectivity index (χ3v) is 5.72. The molecule has 0 aliphatic carbocycles. The molecule has 0 bridgehead atoms. The second-order valence-corrected chi connectivity index (χ2v) is 8.28. The lowest BCUT2D eigenvalue weighted by atomic mass is 9.94. The number of aromatic nitrogens is 2. The first-order valence-corrected chi connectivity index (χ1v) is 11.0. The van der Waals surface area contributed by atoms with E-state index in [1.54, 1.807) is 18.2 Å². The van der Waals surface area contributed by atoms with Gasteiger partial charge in [0.05, 0.1) is 16.7 Å². The third-order valence-electron chi connectivity index (χ3n) is 5.72. The lowest BCUT2D eigenvalue weighted by Gasteiger charge is -2.14. The molecule has 5 aromatic rings. The molecule has 0 saturated carbocycles. The summed E-state index contributed by atoms with van der Waals surface area (Å²) < 4.78 is 0. The van der Waals surface area contributed by atoms with Crippen molar-refractivity contribution in [2.24, 2.45) is 0 Å². The Morgan fingerprint density at radius 1 is 0.686 bits per heavy atom. The zero-order valence-electron chi connectivity index (χ0n) is 18.8. The fourth-order valence-electron chi connectivity index (χ4n) is 4.02. The highest BCUT2D eigenvalue weighted by Crippen LogP contribution is 2.38. The number of aromatic hydroxyl groups is 4. The summed E-state index contributed by atoms with van der Waals surface area (Å²) in [6.07, 6.45) is 1.80. The lowest BCUT2D eigenvalue weighted by Crippen LogP contribution is -1.97. The molecule has 0 amide bonds. The number of fused-ring (bicyclic) bond motifs is 1. The second kappa shape index (κ2) is 8.83. The van der Waals surface area contributed by atoms with Crippen LogP contribution in [0.25, 0.3) is 33.9 Å². The molecule has 6 nitrogen and oxygen atoms in total. The van der Waals surface area contributed by atoms with E-state index in [9.17, 15) is 20.4 Å². The van der Waals surface area contributed by atoms with Crippen LogP contribution >= 0.6 is 0 Å². The minimum absolute atomic E-state index is 0.0469. The zero-order valence-corrected chi connectivity index (χ0v) is 18.8. The number of hydrogen-bond acceptors (Lipinski definition) is 6. The van der Waals surface area contributed by atoms with Crippen molar-refractivity contribution >= 4 is 22.7 Å². The van der Waals surface area contributed by atoms with Crippen molar-refractivity contribution in [1.82, 2.24) is 9.97 Å². The van der Waals surface area contributed by atoms with Gasteiger partial charge in [-0.3, -0.25) is 0 Å². The fourth-order valence-corrected chi connectivity index (χ4v) is 4.02. The van der Waals surface area contributed by atoms with Crippen LogP contribution in [-0.2, 0) is 0 Å². The monoisotopic (exact) mass is 462 g/mol. The van der Waals surface area contributed by atoms with Crippen LogP contribution in [0.1, 0.15) is 22.4 Å². The molecule has 0 radical (unpaired) electrons. The van der Waals surface area contributed by atoms with Gasteiger partial charge in [0.25, 0.3) is 0 Å². The van der Waals surface area contributed by atoms with E-state index < -0.39 is 0 Å². The van der Waals surface area contributed by atoms with Crippen LogP contribution in [0, 0.1) is 6.92 Å². The third kappa shape index (κ3) is 4.37. The lowest BCUT2D eigenvalue weighted by molar-refractivity contribution is 0.449. The molecule has 172 valence electrons. The van der Waals surface area contributed by atoms with Crippen LogP contribution in [0.2, 0.25) is 0 Å². The summed E-state index contributed by atoms with van der Waals surface area (Å²) in [6, 6.07) is 24.0. The van der Waals surface area contributed by atoms with Gasteiger partial charge in [0, 0.05) is 23.3 Å². The molecule has 4 N–H and O–H groups in total. The predicted octanol–water partition coefficient (Wildman–Crippen LogP) is 6.02.